The largest absolute Gasteiger partial charge is 0.380 e. The lowest BCUT2D eigenvalue weighted by atomic mass is 10.3. The number of aromatic nitrogens is 2. The highest BCUT2D eigenvalue weighted by atomic mass is 16.6. The summed E-state index contributed by atoms with van der Waals surface area (Å²) in [7, 11) is 0. The highest BCUT2D eigenvalue weighted by Gasteiger charge is 2.20. The standard InChI is InChI=1S/C11H19N5O3/c1-3-4-6-19-7-5-13-10-9(16(17)18)8(2)14-11(12)15-10/h3-7H2,1-2H3,(H3,12,13,14,15). The lowest BCUT2D eigenvalue weighted by molar-refractivity contribution is -0.385. The van der Waals surface area contributed by atoms with Gasteiger partial charge in [-0.1, -0.05) is 13.3 Å². The quantitative estimate of drug-likeness (QED) is 0.417. The zero-order valence-electron chi connectivity index (χ0n) is 11.2. The van der Waals surface area contributed by atoms with Crippen molar-refractivity contribution in [2.75, 3.05) is 30.8 Å². The molecule has 8 nitrogen and oxygen atoms in total. The van der Waals surface area contributed by atoms with E-state index in [4.69, 9.17) is 10.5 Å². The number of unbranched alkanes of at least 4 members (excludes halogenated alkanes) is 1. The summed E-state index contributed by atoms with van der Waals surface area (Å²) in [5.41, 5.74) is 5.57. The Morgan fingerprint density at radius 2 is 2.16 bits per heavy atom. The first-order valence-corrected chi connectivity index (χ1v) is 6.16. The molecule has 0 aliphatic rings. The molecule has 19 heavy (non-hydrogen) atoms. The van der Waals surface area contributed by atoms with Gasteiger partial charge < -0.3 is 15.8 Å². The van der Waals surface area contributed by atoms with Gasteiger partial charge in [0.2, 0.25) is 11.8 Å². The Kier molecular flexibility index (Phi) is 5.94. The van der Waals surface area contributed by atoms with Crippen LogP contribution in [0.4, 0.5) is 17.5 Å². The Balaban J connectivity index is 2.59. The van der Waals surface area contributed by atoms with Crippen LogP contribution < -0.4 is 11.1 Å². The highest BCUT2D eigenvalue weighted by molar-refractivity contribution is 5.60. The normalized spacial score (nSPS) is 10.4. The van der Waals surface area contributed by atoms with Gasteiger partial charge in [0.15, 0.2) is 0 Å². The number of nitrogens with zero attached hydrogens (tertiary/aromatic N) is 3. The predicted octanol–water partition coefficient (Wildman–Crippen LogP) is 1.50. The van der Waals surface area contributed by atoms with Gasteiger partial charge in [0.25, 0.3) is 0 Å². The number of nitrogens with one attached hydrogen (secondary N) is 1. The zero-order chi connectivity index (χ0) is 14.3. The maximum atomic E-state index is 10.9. The minimum absolute atomic E-state index is 0.0116. The fraction of sp³-hybridized carbons (Fsp3) is 0.636. The van der Waals surface area contributed by atoms with Crippen molar-refractivity contribution in [3.8, 4) is 0 Å². The van der Waals surface area contributed by atoms with Crippen LogP contribution in [0.3, 0.4) is 0 Å². The number of aryl methyl sites for hydroxylation is 1. The lowest BCUT2D eigenvalue weighted by Gasteiger charge is -2.08. The molecule has 0 unspecified atom stereocenters. The van der Waals surface area contributed by atoms with E-state index in [1.54, 1.807) is 0 Å². The van der Waals surface area contributed by atoms with Crippen LogP contribution >= 0.6 is 0 Å². The smallest absolute Gasteiger partial charge is 0.332 e. The number of nitrogens with two attached hydrogens (primary N) is 1. The molecule has 0 radical (unpaired) electrons. The molecule has 3 N–H and O–H groups in total. The van der Waals surface area contributed by atoms with Crippen LogP contribution in [-0.2, 0) is 4.74 Å². The second-order valence-corrected chi connectivity index (χ2v) is 4.01. The van der Waals surface area contributed by atoms with Gasteiger partial charge in [0.1, 0.15) is 5.69 Å². The zero-order valence-corrected chi connectivity index (χ0v) is 11.2. The molecule has 0 aliphatic heterocycles. The Hall–Kier alpha value is -1.96. The second-order valence-electron chi connectivity index (χ2n) is 4.01. The molecule has 1 aromatic heterocycles. The molecule has 8 heteroatoms. The number of ether oxygens (including phenoxy) is 1. The summed E-state index contributed by atoms with van der Waals surface area (Å²) < 4.78 is 5.35. The predicted molar refractivity (Wildman–Crippen MR) is 72.1 cm³/mol. The van der Waals surface area contributed by atoms with Crippen LogP contribution in [0.15, 0.2) is 0 Å². The third kappa shape index (κ3) is 4.66. The van der Waals surface area contributed by atoms with Crippen molar-refractivity contribution in [3.05, 3.63) is 15.8 Å². The van der Waals surface area contributed by atoms with Crippen molar-refractivity contribution in [2.24, 2.45) is 0 Å². The molecular weight excluding hydrogens is 250 g/mol. The van der Waals surface area contributed by atoms with Crippen molar-refractivity contribution >= 4 is 17.5 Å². The van der Waals surface area contributed by atoms with Gasteiger partial charge in [0, 0.05) is 13.2 Å². The van der Waals surface area contributed by atoms with E-state index in [0.717, 1.165) is 12.8 Å². The van der Waals surface area contributed by atoms with Crippen LogP contribution in [0.5, 0.6) is 0 Å². The first kappa shape index (κ1) is 15.1. The summed E-state index contributed by atoms with van der Waals surface area (Å²) in [6.45, 7) is 5.18. The summed E-state index contributed by atoms with van der Waals surface area (Å²) in [5, 5.41) is 13.8. The van der Waals surface area contributed by atoms with E-state index in [9.17, 15) is 10.1 Å². The Morgan fingerprint density at radius 1 is 1.42 bits per heavy atom. The van der Waals surface area contributed by atoms with Gasteiger partial charge in [-0.3, -0.25) is 10.1 Å². The topological polar surface area (TPSA) is 116 Å². The molecule has 1 heterocycles. The van der Waals surface area contributed by atoms with Gasteiger partial charge in [-0.05, 0) is 13.3 Å². The van der Waals surface area contributed by atoms with E-state index in [2.05, 4.69) is 22.2 Å². The van der Waals surface area contributed by atoms with Crippen molar-refractivity contribution in [1.82, 2.24) is 9.97 Å². The molecule has 1 rings (SSSR count). The number of nitrogen functional groups attached to an aromatic ring is 1. The minimum Gasteiger partial charge on any atom is -0.380 e. The van der Waals surface area contributed by atoms with E-state index < -0.39 is 4.92 Å². The third-order valence-corrected chi connectivity index (χ3v) is 2.44. The van der Waals surface area contributed by atoms with E-state index in [1.807, 2.05) is 0 Å². The molecule has 0 amide bonds. The van der Waals surface area contributed by atoms with Crippen LogP contribution in [0, 0.1) is 17.0 Å². The molecule has 0 saturated heterocycles. The van der Waals surface area contributed by atoms with Gasteiger partial charge >= 0.3 is 5.69 Å². The first-order chi connectivity index (χ1) is 9.06. The Labute approximate surface area is 111 Å². The monoisotopic (exact) mass is 269 g/mol. The van der Waals surface area contributed by atoms with E-state index in [0.29, 0.717) is 19.8 Å². The average molecular weight is 269 g/mol. The molecule has 0 saturated carbocycles. The van der Waals surface area contributed by atoms with E-state index in [1.165, 1.54) is 6.92 Å². The molecule has 0 spiro atoms. The van der Waals surface area contributed by atoms with Crippen LogP contribution in [0.1, 0.15) is 25.5 Å². The first-order valence-electron chi connectivity index (χ1n) is 6.16. The summed E-state index contributed by atoms with van der Waals surface area (Å²) in [5.74, 6) is 0.145. The van der Waals surface area contributed by atoms with E-state index >= 15 is 0 Å². The van der Waals surface area contributed by atoms with E-state index in [-0.39, 0.29) is 23.1 Å². The molecule has 0 atom stereocenters. The fourth-order valence-corrected chi connectivity index (χ4v) is 1.52. The van der Waals surface area contributed by atoms with Crippen LogP contribution in [0.2, 0.25) is 0 Å². The number of rotatable bonds is 8. The molecule has 1 aromatic rings. The van der Waals surface area contributed by atoms with Gasteiger partial charge in [-0.15, -0.1) is 0 Å². The summed E-state index contributed by atoms with van der Waals surface area (Å²) >= 11 is 0. The molecular formula is C11H19N5O3. The van der Waals surface area contributed by atoms with Gasteiger partial charge in [-0.25, -0.2) is 4.98 Å². The molecule has 0 aliphatic carbocycles. The number of anilines is 2. The third-order valence-electron chi connectivity index (χ3n) is 2.44. The number of hydrogen-bond acceptors (Lipinski definition) is 7. The van der Waals surface area contributed by atoms with Crippen molar-refractivity contribution < 1.29 is 9.66 Å². The lowest BCUT2D eigenvalue weighted by Crippen LogP contribution is -2.14. The maximum absolute atomic E-state index is 10.9. The molecule has 0 aromatic carbocycles. The second kappa shape index (κ2) is 7.47. The molecule has 106 valence electrons. The molecule has 0 fully saturated rings. The maximum Gasteiger partial charge on any atom is 0.332 e. The Bertz CT molecular complexity index is 439. The number of hydrogen-bond donors (Lipinski definition) is 2. The SMILES string of the molecule is CCCCOCCNc1nc(N)nc(C)c1[N+](=O)[O-]. The van der Waals surface area contributed by atoms with Crippen LogP contribution in [-0.4, -0.2) is 34.6 Å². The average Bonchev–Trinajstić information content (AvgIpc) is 2.32. The van der Waals surface area contributed by atoms with Crippen molar-refractivity contribution in [1.29, 1.82) is 0 Å². The van der Waals surface area contributed by atoms with Crippen molar-refractivity contribution in [2.45, 2.75) is 26.7 Å². The van der Waals surface area contributed by atoms with Crippen molar-refractivity contribution in [3.63, 3.8) is 0 Å². The molecule has 0 bridgehead atoms. The van der Waals surface area contributed by atoms with Crippen LogP contribution in [0.25, 0.3) is 0 Å². The summed E-state index contributed by atoms with van der Waals surface area (Å²) in [4.78, 5) is 18.0. The summed E-state index contributed by atoms with van der Waals surface area (Å²) in [6.07, 6.45) is 2.07. The highest BCUT2D eigenvalue weighted by Crippen LogP contribution is 2.25. The van der Waals surface area contributed by atoms with Gasteiger partial charge in [-0.2, -0.15) is 4.98 Å². The Morgan fingerprint density at radius 3 is 2.79 bits per heavy atom. The number of nitro groups is 1. The van der Waals surface area contributed by atoms with Gasteiger partial charge in [0.05, 0.1) is 11.5 Å². The fourth-order valence-electron chi connectivity index (χ4n) is 1.52. The minimum atomic E-state index is -0.519. The summed E-state index contributed by atoms with van der Waals surface area (Å²) in [6, 6.07) is 0.